The quantitative estimate of drug-likeness (QED) is 0.146. The van der Waals surface area contributed by atoms with Crippen LogP contribution in [0.3, 0.4) is 0 Å². The Hall–Kier alpha value is -4.14. The molecule has 3 amide bonds. The number of hydrogen-bond donors (Lipinski definition) is 4. The van der Waals surface area contributed by atoms with Gasteiger partial charge in [0.2, 0.25) is 0 Å². The predicted molar refractivity (Wildman–Crippen MR) is 170 cm³/mol. The summed E-state index contributed by atoms with van der Waals surface area (Å²) in [5.41, 5.74) is 6.39. The van der Waals surface area contributed by atoms with Gasteiger partial charge in [-0.2, -0.15) is 0 Å². The van der Waals surface area contributed by atoms with Crippen molar-refractivity contribution in [3.05, 3.63) is 59.0 Å². The predicted octanol–water partition coefficient (Wildman–Crippen LogP) is 6.44. The van der Waals surface area contributed by atoms with Crippen LogP contribution in [0.4, 0.5) is 30.2 Å². The largest absolute Gasteiger partial charge is 0.497 e. The summed E-state index contributed by atoms with van der Waals surface area (Å²) < 4.78 is 34.6. The molecule has 44 heavy (non-hydrogen) atoms. The molecule has 10 nitrogen and oxygen atoms in total. The van der Waals surface area contributed by atoms with Crippen molar-refractivity contribution in [2.24, 2.45) is 0 Å². The zero-order chi connectivity index (χ0) is 31.2. The number of halogens is 2. The number of rotatable bonds is 10. The first-order chi connectivity index (χ1) is 21.2. The number of likely N-dealkylation sites (tertiary alicyclic amines) is 1. The average Bonchev–Trinajstić information content (AvgIpc) is 3.63. The van der Waals surface area contributed by atoms with Gasteiger partial charge in [0.05, 0.1) is 18.5 Å². The molecule has 232 valence electrons. The van der Waals surface area contributed by atoms with Gasteiger partial charge in [-0.3, -0.25) is 10.1 Å². The summed E-state index contributed by atoms with van der Waals surface area (Å²) in [7, 11) is 1.47. The average molecular weight is 642 g/mol. The number of aromatic nitrogens is 2. The van der Waals surface area contributed by atoms with E-state index in [1.165, 1.54) is 49.8 Å². The van der Waals surface area contributed by atoms with Crippen molar-refractivity contribution in [3.63, 3.8) is 0 Å². The summed E-state index contributed by atoms with van der Waals surface area (Å²) in [6.07, 6.45) is 4.55. The Morgan fingerprint density at radius 1 is 1.14 bits per heavy atom. The second-order valence-electron chi connectivity index (χ2n) is 10.4. The first-order valence-corrected chi connectivity index (χ1v) is 15.9. The maximum atomic E-state index is 14.9. The van der Waals surface area contributed by atoms with Crippen molar-refractivity contribution in [1.29, 1.82) is 0 Å². The van der Waals surface area contributed by atoms with E-state index >= 15 is 0 Å². The minimum atomic E-state index is -0.931. The summed E-state index contributed by atoms with van der Waals surface area (Å²) in [4.78, 5) is 36.9. The van der Waals surface area contributed by atoms with Gasteiger partial charge in [0.25, 0.3) is 5.91 Å². The number of nitrogens with one attached hydrogen (secondary N) is 3. The minimum absolute atomic E-state index is 0.00500. The van der Waals surface area contributed by atoms with Gasteiger partial charge in [0.15, 0.2) is 5.13 Å². The molecule has 4 aromatic rings. The van der Waals surface area contributed by atoms with Gasteiger partial charge >= 0.3 is 6.03 Å². The number of carbonyl (C=O) groups excluding carboxylic acids is 2. The highest BCUT2D eigenvalue weighted by Crippen LogP contribution is 2.39. The van der Waals surface area contributed by atoms with Gasteiger partial charge in [0, 0.05) is 41.7 Å². The lowest BCUT2D eigenvalue weighted by molar-refractivity contribution is 0.102. The van der Waals surface area contributed by atoms with Crippen LogP contribution in [0.5, 0.6) is 5.75 Å². The molecule has 5 N–H and O–H groups in total. The second kappa shape index (κ2) is 14.1. The van der Waals surface area contributed by atoms with Crippen molar-refractivity contribution >= 4 is 51.2 Å². The molecule has 0 aliphatic carbocycles. The van der Waals surface area contributed by atoms with Crippen LogP contribution in [0.25, 0.3) is 21.1 Å². The SMILES string of the molecule is COc1cccc(C(=O)Nc2cc(-c3csc(-c4sc(NC(=O)NCCCN5CCCCC5C)nc4N)n3)c(F)cc2F)c1. The Labute approximate surface area is 261 Å². The number of nitrogen functional groups attached to an aromatic ring is 1. The lowest BCUT2D eigenvalue weighted by Gasteiger charge is -2.33. The molecule has 1 fully saturated rings. The molecule has 0 bridgehead atoms. The van der Waals surface area contributed by atoms with Crippen LogP contribution < -0.4 is 26.4 Å². The normalized spacial score (nSPS) is 15.1. The molecule has 0 saturated carbocycles. The van der Waals surface area contributed by atoms with Crippen LogP contribution in [-0.2, 0) is 0 Å². The second-order valence-corrected chi connectivity index (χ2v) is 12.2. The molecule has 2 aromatic carbocycles. The zero-order valence-corrected chi connectivity index (χ0v) is 25.9. The summed E-state index contributed by atoms with van der Waals surface area (Å²) in [6.45, 7) is 4.81. The number of piperidine rings is 1. The van der Waals surface area contributed by atoms with E-state index in [-0.39, 0.29) is 34.4 Å². The fourth-order valence-corrected chi connectivity index (χ4v) is 6.75. The van der Waals surface area contributed by atoms with Crippen LogP contribution in [-0.4, -0.2) is 59.6 Å². The van der Waals surface area contributed by atoms with Crippen molar-refractivity contribution in [1.82, 2.24) is 20.2 Å². The van der Waals surface area contributed by atoms with Crippen LogP contribution in [0.2, 0.25) is 0 Å². The van der Waals surface area contributed by atoms with Crippen LogP contribution in [0, 0.1) is 11.6 Å². The molecule has 1 atom stereocenters. The molecule has 0 spiro atoms. The van der Waals surface area contributed by atoms with Gasteiger partial charge in [-0.1, -0.05) is 23.8 Å². The summed E-state index contributed by atoms with van der Waals surface area (Å²) >= 11 is 2.33. The van der Waals surface area contributed by atoms with E-state index in [2.05, 4.69) is 37.7 Å². The highest BCUT2D eigenvalue weighted by Gasteiger charge is 2.21. The minimum Gasteiger partial charge on any atom is -0.497 e. The highest BCUT2D eigenvalue weighted by atomic mass is 32.1. The number of nitrogens with two attached hydrogens (primary N) is 1. The third-order valence-corrected chi connectivity index (χ3v) is 9.32. The molecular formula is C30H33F2N7O3S2. The Morgan fingerprint density at radius 2 is 1.98 bits per heavy atom. The lowest BCUT2D eigenvalue weighted by atomic mass is 10.0. The number of carbonyl (C=O) groups is 2. The number of ether oxygens (including phenoxy) is 1. The van der Waals surface area contributed by atoms with E-state index in [1.807, 2.05) is 0 Å². The lowest BCUT2D eigenvalue weighted by Crippen LogP contribution is -2.39. The topological polar surface area (TPSA) is 134 Å². The zero-order valence-electron chi connectivity index (χ0n) is 24.3. The summed E-state index contributed by atoms with van der Waals surface area (Å²) in [6, 6.07) is 8.46. The number of nitrogens with zero attached hydrogens (tertiary/aromatic N) is 3. The van der Waals surface area contributed by atoms with Crippen molar-refractivity contribution in [3.8, 4) is 26.9 Å². The van der Waals surface area contributed by atoms with E-state index in [1.54, 1.807) is 23.6 Å². The number of hydrogen-bond acceptors (Lipinski definition) is 9. The fraction of sp³-hybridized carbons (Fsp3) is 0.333. The maximum absolute atomic E-state index is 14.9. The number of methoxy groups -OCH3 is 1. The monoisotopic (exact) mass is 641 g/mol. The van der Waals surface area contributed by atoms with Crippen LogP contribution in [0.1, 0.15) is 43.0 Å². The Bertz CT molecular complexity index is 1640. The molecule has 5 rings (SSSR count). The number of urea groups is 1. The van der Waals surface area contributed by atoms with E-state index in [4.69, 9.17) is 10.5 Å². The standard InChI is InChI=1S/C30H33F2N7O3S2/c1-17-7-3-4-11-39(17)12-6-10-34-29(41)38-30-37-26(33)25(44-30)28-36-24(16-43-28)20-14-23(22(32)15-21(20)31)35-27(40)18-8-5-9-19(13-18)42-2/h5,8-9,13-17H,3-4,6-7,10-12,33H2,1-2H3,(H,35,40)(H2,34,37,38,41). The van der Waals surface area contributed by atoms with Gasteiger partial charge in [-0.05, 0) is 57.0 Å². The number of thiazole rings is 2. The Kier molecular flexibility index (Phi) is 10.0. The van der Waals surface area contributed by atoms with E-state index < -0.39 is 17.5 Å². The first-order valence-electron chi connectivity index (χ1n) is 14.2. The van der Waals surface area contributed by atoms with Gasteiger partial charge in [-0.15, -0.1) is 11.3 Å². The molecule has 2 aromatic heterocycles. The van der Waals surface area contributed by atoms with E-state index in [0.717, 1.165) is 30.8 Å². The summed E-state index contributed by atoms with van der Waals surface area (Å²) in [5, 5.41) is 10.4. The Morgan fingerprint density at radius 3 is 2.77 bits per heavy atom. The van der Waals surface area contributed by atoms with Crippen molar-refractivity contribution in [2.75, 3.05) is 43.1 Å². The molecule has 0 radical (unpaired) electrons. The number of amides is 3. The Balaban J connectivity index is 1.22. The highest BCUT2D eigenvalue weighted by molar-refractivity contribution is 7.23. The first kappa shape index (κ1) is 31.3. The van der Waals surface area contributed by atoms with Gasteiger partial charge in [-0.25, -0.2) is 23.5 Å². The van der Waals surface area contributed by atoms with Crippen LogP contribution >= 0.6 is 22.7 Å². The maximum Gasteiger partial charge on any atom is 0.321 e. The molecule has 14 heteroatoms. The number of anilines is 3. The van der Waals surface area contributed by atoms with Crippen LogP contribution in [0.15, 0.2) is 41.8 Å². The van der Waals surface area contributed by atoms with Crippen molar-refractivity contribution < 1.29 is 23.1 Å². The molecule has 1 unspecified atom stereocenters. The van der Waals surface area contributed by atoms with Gasteiger partial charge < -0.3 is 26.0 Å². The summed E-state index contributed by atoms with van der Waals surface area (Å²) in [5.74, 6) is -1.73. The molecule has 1 saturated heterocycles. The number of benzene rings is 2. The van der Waals surface area contributed by atoms with E-state index in [9.17, 15) is 18.4 Å². The smallest absolute Gasteiger partial charge is 0.321 e. The molecule has 1 aliphatic rings. The van der Waals surface area contributed by atoms with Gasteiger partial charge in [0.1, 0.15) is 33.1 Å². The molecule has 1 aliphatic heterocycles. The molecule has 3 heterocycles. The fourth-order valence-electron chi connectivity index (χ4n) is 4.96. The molecular weight excluding hydrogens is 609 g/mol. The van der Waals surface area contributed by atoms with Crippen molar-refractivity contribution in [2.45, 2.75) is 38.6 Å². The third kappa shape index (κ3) is 7.49. The van der Waals surface area contributed by atoms with E-state index in [0.29, 0.717) is 39.4 Å². The third-order valence-electron chi connectivity index (χ3n) is 7.33.